The number of aromatic nitrogens is 1. The molecule has 142 valence electrons. The first-order chi connectivity index (χ1) is 13.1. The van der Waals surface area contributed by atoms with Gasteiger partial charge in [-0.15, -0.1) is 0 Å². The number of carbonyl (C=O) groups is 2. The van der Waals surface area contributed by atoms with Gasteiger partial charge in [-0.3, -0.25) is 14.5 Å². The smallest absolute Gasteiger partial charge is 0.229 e. The Balaban J connectivity index is 1.32. The number of rotatable bonds is 4. The van der Waals surface area contributed by atoms with Gasteiger partial charge in [0, 0.05) is 26.1 Å². The van der Waals surface area contributed by atoms with Gasteiger partial charge in [0.2, 0.25) is 11.8 Å². The number of anilines is 1. The first-order valence-corrected chi connectivity index (χ1v) is 10.5. The Kier molecular flexibility index (Phi) is 3.89. The number of carbonyl (C=O) groups excluding carboxylic acids is 2. The summed E-state index contributed by atoms with van der Waals surface area (Å²) in [4.78, 5) is 33.8. The summed E-state index contributed by atoms with van der Waals surface area (Å²) in [5, 5.41) is 0.680. The van der Waals surface area contributed by atoms with Crippen LogP contribution in [0, 0.1) is 11.3 Å². The molecule has 3 aliphatic rings. The summed E-state index contributed by atoms with van der Waals surface area (Å²) < 4.78 is 6.54. The zero-order valence-corrected chi connectivity index (χ0v) is 16.3. The van der Waals surface area contributed by atoms with E-state index in [1.54, 1.807) is 4.90 Å². The summed E-state index contributed by atoms with van der Waals surface area (Å²) in [5.41, 5.74) is 1.28. The summed E-state index contributed by atoms with van der Waals surface area (Å²) in [7, 11) is 0. The normalized spacial score (nSPS) is 23.6. The number of amides is 2. The molecule has 2 amide bonds. The van der Waals surface area contributed by atoms with Crippen molar-refractivity contribution in [1.82, 2.24) is 9.88 Å². The fourth-order valence-electron chi connectivity index (χ4n) is 4.29. The third-order valence-corrected chi connectivity index (χ3v) is 7.11. The molecule has 27 heavy (non-hydrogen) atoms. The second kappa shape index (κ2) is 6.19. The Morgan fingerprint density at radius 1 is 1.37 bits per heavy atom. The molecule has 1 saturated carbocycles. The lowest BCUT2D eigenvalue weighted by atomic mass is 10.1. The zero-order valence-electron chi connectivity index (χ0n) is 15.4. The lowest BCUT2D eigenvalue weighted by molar-refractivity contribution is -0.135. The van der Waals surface area contributed by atoms with Gasteiger partial charge in [-0.1, -0.05) is 11.3 Å². The van der Waals surface area contributed by atoms with Gasteiger partial charge in [0.25, 0.3) is 0 Å². The van der Waals surface area contributed by atoms with Gasteiger partial charge in [-0.2, -0.15) is 0 Å². The van der Waals surface area contributed by atoms with Crippen molar-refractivity contribution in [1.29, 1.82) is 0 Å². The maximum absolute atomic E-state index is 12.9. The van der Waals surface area contributed by atoms with E-state index >= 15 is 0 Å². The number of ether oxygens (including phenoxy) is 1. The Bertz CT molecular complexity index is 920. The van der Waals surface area contributed by atoms with Crippen LogP contribution in [-0.4, -0.2) is 47.9 Å². The number of nitrogens with zero attached hydrogens (tertiary/aromatic N) is 3. The van der Waals surface area contributed by atoms with E-state index in [4.69, 9.17) is 4.74 Å². The Hall–Kier alpha value is -2.15. The van der Waals surface area contributed by atoms with E-state index in [9.17, 15) is 9.59 Å². The predicted molar refractivity (Wildman–Crippen MR) is 104 cm³/mol. The highest BCUT2D eigenvalue weighted by atomic mass is 32.1. The fourth-order valence-corrected chi connectivity index (χ4v) is 5.31. The van der Waals surface area contributed by atoms with Crippen LogP contribution in [0.3, 0.4) is 0 Å². The highest BCUT2D eigenvalue weighted by molar-refractivity contribution is 7.22. The van der Waals surface area contributed by atoms with Crippen molar-refractivity contribution in [2.75, 3.05) is 31.1 Å². The molecule has 6 nitrogen and oxygen atoms in total. The second-order valence-corrected chi connectivity index (χ2v) is 8.98. The van der Waals surface area contributed by atoms with Crippen LogP contribution in [0.5, 0.6) is 5.75 Å². The van der Waals surface area contributed by atoms with Gasteiger partial charge in [0.15, 0.2) is 5.13 Å². The largest absolute Gasteiger partial charge is 0.494 e. The Morgan fingerprint density at radius 2 is 2.22 bits per heavy atom. The average molecular weight is 385 g/mol. The summed E-state index contributed by atoms with van der Waals surface area (Å²) in [6, 6.07) is 5.78. The van der Waals surface area contributed by atoms with Crippen LogP contribution in [0.2, 0.25) is 0 Å². The van der Waals surface area contributed by atoms with Crippen LogP contribution in [0.4, 0.5) is 5.13 Å². The van der Waals surface area contributed by atoms with Gasteiger partial charge in [0.05, 0.1) is 22.7 Å². The molecule has 2 aromatic rings. The molecule has 3 heterocycles. The monoisotopic (exact) mass is 385 g/mol. The lowest BCUT2D eigenvalue weighted by Crippen LogP contribution is -2.36. The Labute approximate surface area is 162 Å². The molecular weight excluding hydrogens is 362 g/mol. The number of likely N-dealkylation sites (tertiary alicyclic amines) is 1. The molecule has 0 bridgehead atoms. The molecule has 1 atom stereocenters. The maximum atomic E-state index is 12.9. The van der Waals surface area contributed by atoms with Crippen LogP contribution in [0.25, 0.3) is 10.2 Å². The van der Waals surface area contributed by atoms with E-state index in [1.165, 1.54) is 24.2 Å². The summed E-state index contributed by atoms with van der Waals surface area (Å²) in [6.45, 7) is 4.75. The van der Waals surface area contributed by atoms with E-state index in [2.05, 4.69) is 4.98 Å². The standard InChI is InChI=1S/C20H23N3O3S/c1-2-26-14-3-4-15-16(10-14)27-19(21-15)23-11-13(9-17(23)24)18(25)22-8-7-20(12-22)5-6-20/h3-4,10,13H,2,5-9,11-12H2,1H3. The van der Waals surface area contributed by atoms with Crippen molar-refractivity contribution >= 4 is 38.5 Å². The minimum Gasteiger partial charge on any atom is -0.494 e. The fraction of sp³-hybridized carbons (Fsp3) is 0.550. The molecule has 0 radical (unpaired) electrons. The SMILES string of the molecule is CCOc1ccc2nc(N3CC(C(=O)N4CCC5(CC5)C4)CC3=O)sc2c1. The summed E-state index contributed by atoms with van der Waals surface area (Å²) in [5.74, 6) is 0.716. The molecule has 1 aromatic carbocycles. The highest BCUT2D eigenvalue weighted by Crippen LogP contribution is 2.53. The number of benzene rings is 1. The first kappa shape index (κ1) is 17.0. The number of hydrogen-bond acceptors (Lipinski definition) is 5. The molecule has 1 unspecified atom stereocenters. The summed E-state index contributed by atoms with van der Waals surface area (Å²) >= 11 is 1.48. The third-order valence-electron chi connectivity index (χ3n) is 6.07. The minimum atomic E-state index is -0.239. The third kappa shape index (κ3) is 2.98. The van der Waals surface area contributed by atoms with Crippen LogP contribution in [0.1, 0.15) is 32.6 Å². The lowest BCUT2D eigenvalue weighted by Gasteiger charge is -2.20. The molecule has 2 aliphatic heterocycles. The minimum absolute atomic E-state index is 0.00206. The number of fused-ring (bicyclic) bond motifs is 1. The first-order valence-electron chi connectivity index (χ1n) is 9.69. The van der Waals surface area contributed by atoms with Crippen molar-refractivity contribution in [3.05, 3.63) is 18.2 Å². The van der Waals surface area contributed by atoms with Gasteiger partial charge in [-0.25, -0.2) is 4.98 Å². The molecule has 5 rings (SSSR count). The van der Waals surface area contributed by atoms with E-state index in [-0.39, 0.29) is 17.7 Å². The topological polar surface area (TPSA) is 62.7 Å². The van der Waals surface area contributed by atoms with Crippen molar-refractivity contribution in [3.8, 4) is 5.75 Å². The van der Waals surface area contributed by atoms with Crippen LogP contribution in [-0.2, 0) is 9.59 Å². The van der Waals surface area contributed by atoms with Crippen LogP contribution < -0.4 is 9.64 Å². The van der Waals surface area contributed by atoms with Crippen LogP contribution in [0.15, 0.2) is 18.2 Å². The molecule has 1 spiro atoms. The summed E-state index contributed by atoms with van der Waals surface area (Å²) in [6.07, 6.45) is 3.93. The molecular formula is C20H23N3O3S. The van der Waals surface area contributed by atoms with Crippen LogP contribution >= 0.6 is 11.3 Å². The Morgan fingerprint density at radius 3 is 2.96 bits per heavy atom. The van der Waals surface area contributed by atoms with E-state index < -0.39 is 0 Å². The average Bonchev–Trinajstić information content (AvgIpc) is 2.99. The van der Waals surface area contributed by atoms with Gasteiger partial charge in [0.1, 0.15) is 5.75 Å². The van der Waals surface area contributed by atoms with Crippen molar-refractivity contribution in [2.45, 2.75) is 32.6 Å². The number of hydrogen-bond donors (Lipinski definition) is 0. The van der Waals surface area contributed by atoms with E-state index in [0.29, 0.717) is 30.1 Å². The second-order valence-electron chi connectivity index (χ2n) is 7.97. The molecule has 0 N–H and O–H groups in total. The quantitative estimate of drug-likeness (QED) is 0.812. The van der Waals surface area contributed by atoms with Crippen molar-refractivity contribution < 1.29 is 14.3 Å². The molecule has 3 fully saturated rings. The molecule has 7 heteroatoms. The van der Waals surface area contributed by atoms with Gasteiger partial charge >= 0.3 is 0 Å². The van der Waals surface area contributed by atoms with Crippen molar-refractivity contribution in [3.63, 3.8) is 0 Å². The molecule has 1 aromatic heterocycles. The molecule has 2 saturated heterocycles. The van der Waals surface area contributed by atoms with Gasteiger partial charge in [-0.05, 0) is 49.8 Å². The maximum Gasteiger partial charge on any atom is 0.229 e. The molecule has 1 aliphatic carbocycles. The van der Waals surface area contributed by atoms with E-state index in [0.717, 1.165) is 35.5 Å². The predicted octanol–water partition coefficient (Wildman–Crippen LogP) is 3.06. The van der Waals surface area contributed by atoms with Crippen molar-refractivity contribution in [2.24, 2.45) is 11.3 Å². The van der Waals surface area contributed by atoms with Gasteiger partial charge < -0.3 is 9.64 Å². The van der Waals surface area contributed by atoms with E-state index in [1.807, 2.05) is 30.0 Å². The number of thiazole rings is 1. The highest BCUT2D eigenvalue weighted by Gasteiger charge is 2.50. The zero-order chi connectivity index (χ0) is 18.6.